The molecule has 0 aromatic heterocycles. The first kappa shape index (κ1) is 33.6. The summed E-state index contributed by atoms with van der Waals surface area (Å²) in [5.41, 5.74) is 3.66. The predicted octanol–water partition coefficient (Wildman–Crippen LogP) is 6.27. The van der Waals surface area contributed by atoms with Crippen molar-refractivity contribution < 1.29 is 27.5 Å². The largest absolute Gasteiger partial charge is 0.480 e. The number of alkyl halides is 3. The van der Waals surface area contributed by atoms with E-state index in [0.29, 0.717) is 47.5 Å². The van der Waals surface area contributed by atoms with E-state index in [2.05, 4.69) is 22.9 Å². The second-order valence-electron chi connectivity index (χ2n) is 12.3. The summed E-state index contributed by atoms with van der Waals surface area (Å²) in [7, 11) is 3.88. The third kappa shape index (κ3) is 8.69. The van der Waals surface area contributed by atoms with Crippen LogP contribution in [-0.4, -0.2) is 103 Å². The predicted molar refractivity (Wildman–Crippen MR) is 161 cm³/mol. The summed E-state index contributed by atoms with van der Waals surface area (Å²) in [5, 5.41) is 11.1. The van der Waals surface area contributed by atoms with Gasteiger partial charge in [0.1, 0.15) is 11.9 Å². The van der Waals surface area contributed by atoms with E-state index in [1.807, 2.05) is 19.1 Å². The molecule has 1 N–H and O–H groups in total. The Kier molecular flexibility index (Phi) is 11.1. The van der Waals surface area contributed by atoms with Crippen molar-refractivity contribution in [1.29, 1.82) is 0 Å². The highest BCUT2D eigenvalue weighted by molar-refractivity contribution is 6.30. The van der Waals surface area contributed by atoms with Gasteiger partial charge in [0, 0.05) is 43.8 Å². The van der Waals surface area contributed by atoms with Gasteiger partial charge in [0.25, 0.3) is 0 Å². The minimum absolute atomic E-state index is 0.0374. The smallest absolute Gasteiger partial charge is 0.401 e. The maximum Gasteiger partial charge on any atom is 0.401 e. The number of hydrogen-bond acceptors (Lipinski definition) is 5. The van der Waals surface area contributed by atoms with Crippen LogP contribution in [0.5, 0.6) is 0 Å². The molecule has 2 aromatic carbocycles. The van der Waals surface area contributed by atoms with Gasteiger partial charge in [-0.2, -0.15) is 13.2 Å². The van der Waals surface area contributed by atoms with Gasteiger partial charge in [-0.3, -0.25) is 19.5 Å². The Balaban J connectivity index is 1.58. The number of piperazine rings is 1. The number of benzene rings is 2. The van der Waals surface area contributed by atoms with Gasteiger partial charge in [-0.25, -0.2) is 4.39 Å². The number of aryl methyl sites for hydroxylation is 1. The number of rotatable bonds is 10. The summed E-state index contributed by atoms with van der Waals surface area (Å²) in [6, 6.07) is 7.90. The van der Waals surface area contributed by atoms with Gasteiger partial charge in [0.05, 0.1) is 6.54 Å². The Labute approximate surface area is 257 Å². The van der Waals surface area contributed by atoms with E-state index in [-0.39, 0.29) is 25.0 Å². The van der Waals surface area contributed by atoms with E-state index in [0.717, 1.165) is 37.3 Å². The van der Waals surface area contributed by atoms with Crippen LogP contribution in [0.1, 0.15) is 65.1 Å². The van der Waals surface area contributed by atoms with Gasteiger partial charge >= 0.3 is 12.1 Å². The first-order valence-corrected chi connectivity index (χ1v) is 15.3. The Morgan fingerprint density at radius 1 is 1.07 bits per heavy atom. The van der Waals surface area contributed by atoms with Crippen LogP contribution in [-0.2, 0) is 4.79 Å². The van der Waals surface area contributed by atoms with Crippen LogP contribution in [0.25, 0.3) is 0 Å². The quantitative estimate of drug-likeness (QED) is 0.314. The van der Waals surface area contributed by atoms with Gasteiger partial charge in [-0.1, -0.05) is 23.7 Å². The number of likely N-dealkylation sites (N-methyl/N-ethyl adjacent to an activating group) is 2. The summed E-state index contributed by atoms with van der Waals surface area (Å²) < 4.78 is 53.8. The molecule has 0 radical (unpaired) electrons. The highest BCUT2D eigenvalue weighted by Crippen LogP contribution is 2.39. The van der Waals surface area contributed by atoms with Crippen molar-refractivity contribution in [3.63, 3.8) is 0 Å². The first-order chi connectivity index (χ1) is 20.2. The fraction of sp³-hybridized carbons (Fsp3) is 0.594. The Bertz CT molecular complexity index is 1240. The molecule has 0 bridgehead atoms. The van der Waals surface area contributed by atoms with E-state index in [1.54, 1.807) is 24.9 Å². The Hall–Kier alpha value is -2.24. The number of piperidine rings is 1. The molecule has 0 aliphatic carbocycles. The average Bonchev–Trinajstić information content (AvgIpc) is 2.91. The third-order valence-corrected chi connectivity index (χ3v) is 9.25. The fourth-order valence-electron chi connectivity index (χ4n) is 6.80. The molecule has 4 rings (SSSR count). The molecular formula is C32H43ClF4N4O2. The molecule has 11 heteroatoms. The van der Waals surface area contributed by atoms with Crippen molar-refractivity contribution in [2.24, 2.45) is 0 Å². The molecular weight excluding hydrogens is 584 g/mol. The molecule has 238 valence electrons. The molecule has 2 aromatic rings. The van der Waals surface area contributed by atoms with Crippen LogP contribution < -0.4 is 0 Å². The van der Waals surface area contributed by atoms with E-state index in [4.69, 9.17) is 11.6 Å². The summed E-state index contributed by atoms with van der Waals surface area (Å²) >= 11 is 6.45. The zero-order valence-corrected chi connectivity index (χ0v) is 26.2. The number of likely N-dealkylation sites (tertiary alicyclic amines) is 1. The van der Waals surface area contributed by atoms with E-state index in [9.17, 15) is 27.5 Å². The fourth-order valence-corrected chi connectivity index (χ4v) is 7.10. The number of carbonyl (C=O) groups is 1. The lowest BCUT2D eigenvalue weighted by Gasteiger charge is -2.39. The normalized spacial score (nSPS) is 19.6. The molecule has 0 amide bonds. The molecule has 0 spiro atoms. The van der Waals surface area contributed by atoms with Crippen LogP contribution >= 0.6 is 11.6 Å². The number of aliphatic carboxylic acids is 1. The van der Waals surface area contributed by atoms with Crippen molar-refractivity contribution in [2.45, 2.75) is 57.3 Å². The number of hydrogen-bond donors (Lipinski definition) is 1. The molecule has 2 aliphatic rings. The zero-order valence-electron chi connectivity index (χ0n) is 25.4. The SMILES string of the molecule is Cc1cc(Cl)cc([C@H](CCN(C)[C@H](C(=O)O)c2ccc(F)c(C)c2C2CCN(CC(F)(F)F)CC2)N2CCN(C)CC2)c1. The van der Waals surface area contributed by atoms with Crippen LogP contribution in [0.2, 0.25) is 5.02 Å². The second kappa shape index (κ2) is 14.2. The third-order valence-electron chi connectivity index (χ3n) is 9.03. The molecule has 0 unspecified atom stereocenters. The van der Waals surface area contributed by atoms with Crippen molar-refractivity contribution in [2.75, 3.05) is 66.5 Å². The number of nitrogens with zero attached hydrogens (tertiary/aromatic N) is 4. The zero-order chi connectivity index (χ0) is 31.5. The summed E-state index contributed by atoms with van der Waals surface area (Å²) in [6.45, 7) is 7.20. The summed E-state index contributed by atoms with van der Waals surface area (Å²) in [6.07, 6.45) is -2.81. The van der Waals surface area contributed by atoms with Gasteiger partial charge < -0.3 is 10.0 Å². The van der Waals surface area contributed by atoms with Crippen LogP contribution in [0.4, 0.5) is 17.6 Å². The molecule has 2 aliphatic heterocycles. The molecule has 0 saturated carbocycles. The monoisotopic (exact) mass is 626 g/mol. The Morgan fingerprint density at radius 3 is 2.30 bits per heavy atom. The van der Waals surface area contributed by atoms with Crippen molar-refractivity contribution >= 4 is 17.6 Å². The van der Waals surface area contributed by atoms with E-state index >= 15 is 0 Å². The number of carboxylic acid groups (broad SMARTS) is 1. The second-order valence-corrected chi connectivity index (χ2v) is 12.7. The summed E-state index contributed by atoms with van der Waals surface area (Å²) in [4.78, 5) is 20.7. The molecule has 43 heavy (non-hydrogen) atoms. The van der Waals surface area contributed by atoms with Gasteiger partial charge in [-0.15, -0.1) is 0 Å². The lowest BCUT2D eigenvalue weighted by atomic mass is 9.81. The Morgan fingerprint density at radius 2 is 1.72 bits per heavy atom. The van der Waals surface area contributed by atoms with Gasteiger partial charge in [0.15, 0.2) is 0 Å². The standard InChI is InChI=1S/C32H43ClF4N4O2/c1-21-17-24(19-25(33)18-21)28(41-15-13-38(3)14-16-41)9-10-39(4)30(31(42)43)26-5-6-27(34)22(2)29(26)23-7-11-40(12-8-23)20-32(35,36)37/h5-6,17-19,23,28,30H,7-16,20H2,1-4H3,(H,42,43)/t28-,30-/m0/s1. The lowest BCUT2D eigenvalue weighted by Crippen LogP contribution is -2.46. The van der Waals surface area contributed by atoms with Crippen molar-refractivity contribution in [1.82, 2.24) is 19.6 Å². The van der Waals surface area contributed by atoms with E-state index in [1.165, 1.54) is 11.0 Å². The average molecular weight is 627 g/mol. The van der Waals surface area contributed by atoms with Crippen LogP contribution in [0.15, 0.2) is 30.3 Å². The molecule has 2 fully saturated rings. The minimum atomic E-state index is -4.28. The van der Waals surface area contributed by atoms with Crippen LogP contribution in [0, 0.1) is 19.7 Å². The minimum Gasteiger partial charge on any atom is -0.480 e. The number of halogens is 5. The molecule has 2 heterocycles. The maximum atomic E-state index is 14.9. The number of carboxylic acids is 1. The van der Waals surface area contributed by atoms with E-state index < -0.39 is 30.5 Å². The summed E-state index contributed by atoms with van der Waals surface area (Å²) in [5.74, 6) is -1.70. The first-order valence-electron chi connectivity index (χ1n) is 14.9. The molecule has 2 atom stereocenters. The lowest BCUT2D eigenvalue weighted by molar-refractivity contribution is -0.148. The topological polar surface area (TPSA) is 50.3 Å². The van der Waals surface area contributed by atoms with Crippen LogP contribution in [0.3, 0.4) is 0 Å². The highest BCUT2D eigenvalue weighted by atomic mass is 35.5. The molecule has 6 nitrogen and oxygen atoms in total. The highest BCUT2D eigenvalue weighted by Gasteiger charge is 2.36. The van der Waals surface area contributed by atoms with Crippen molar-refractivity contribution in [3.8, 4) is 0 Å². The van der Waals surface area contributed by atoms with Gasteiger partial charge in [0.2, 0.25) is 0 Å². The van der Waals surface area contributed by atoms with Crippen molar-refractivity contribution in [3.05, 3.63) is 69.0 Å². The maximum absolute atomic E-state index is 14.9. The molecule has 2 saturated heterocycles. The van der Waals surface area contributed by atoms with Gasteiger partial charge in [-0.05, 0) is 112 Å².